The lowest BCUT2D eigenvalue weighted by Gasteiger charge is -2.22. The molecule has 0 radical (unpaired) electrons. The molecule has 0 heterocycles. The van der Waals surface area contributed by atoms with Gasteiger partial charge >= 0.3 is 0 Å². The molecule has 0 aliphatic heterocycles. The Kier molecular flexibility index (Phi) is 5.78. The van der Waals surface area contributed by atoms with Crippen molar-refractivity contribution in [2.24, 2.45) is 0 Å². The summed E-state index contributed by atoms with van der Waals surface area (Å²) in [5.41, 5.74) is 2.28. The third kappa shape index (κ3) is 5.05. The van der Waals surface area contributed by atoms with Gasteiger partial charge in [-0.3, -0.25) is 4.79 Å². The van der Waals surface area contributed by atoms with Crippen LogP contribution in [0.4, 0.5) is 0 Å². The number of carbonyl (C=O) groups is 1. The Morgan fingerprint density at radius 3 is 2.94 bits per heavy atom. The van der Waals surface area contributed by atoms with Crippen molar-refractivity contribution in [2.45, 2.75) is 13.3 Å². The van der Waals surface area contributed by atoms with E-state index in [1.165, 1.54) is 5.57 Å². The van der Waals surface area contributed by atoms with E-state index < -0.39 is 10.0 Å². The number of allylic oxidation sites excluding steroid dienone is 8. The molecule has 1 rings (SSSR count). The van der Waals surface area contributed by atoms with Gasteiger partial charge in [-0.15, -0.1) is 0 Å². The predicted octanol–water partition coefficient (Wildman–Crippen LogP) is 4.14. The first-order valence-corrected chi connectivity index (χ1v) is 8.08. The second-order valence-electron chi connectivity index (χ2n) is 4.10. The molecule has 0 N–H and O–H groups in total. The zero-order valence-corrected chi connectivity index (χ0v) is 11.3. The third-order valence-corrected chi connectivity index (χ3v) is 4.68. The molecule has 0 aromatic heterocycles. The normalized spacial score (nSPS) is 21.2. The largest absolute Gasteiger partial charge is 0.292 e. The Balaban J connectivity index is 2.63. The van der Waals surface area contributed by atoms with Crippen molar-refractivity contribution in [1.29, 1.82) is 0 Å². The number of carbonyl (C=O) groups excluding carboxylic acids is 1. The third-order valence-electron chi connectivity index (χ3n) is 2.44. The van der Waals surface area contributed by atoms with E-state index in [-0.39, 0.29) is 0 Å². The zero-order valence-electron chi connectivity index (χ0n) is 10.5. The van der Waals surface area contributed by atoms with Crippen LogP contribution in [0.2, 0.25) is 0 Å². The van der Waals surface area contributed by atoms with Gasteiger partial charge in [-0.05, 0) is 30.6 Å². The molecule has 17 heavy (non-hydrogen) atoms. The maximum absolute atomic E-state index is 11.1. The molecule has 0 bridgehead atoms. The van der Waals surface area contributed by atoms with Gasteiger partial charge in [0.15, 0.2) is 5.62 Å². The Labute approximate surface area is 106 Å². The highest BCUT2D eigenvalue weighted by Gasteiger charge is 2.10. The van der Waals surface area contributed by atoms with Gasteiger partial charge in [0.25, 0.3) is 0 Å². The van der Waals surface area contributed by atoms with Crippen molar-refractivity contribution in [2.75, 3.05) is 12.0 Å². The summed E-state index contributed by atoms with van der Waals surface area (Å²) in [6.07, 6.45) is 19.7. The first-order valence-electron chi connectivity index (χ1n) is 5.74. The fraction of sp³-hybridized carbons (Fsp3) is 0.267. The average molecular weight is 248 g/mol. The van der Waals surface area contributed by atoms with Crippen LogP contribution in [0.3, 0.4) is 0 Å². The van der Waals surface area contributed by atoms with E-state index in [1.54, 1.807) is 0 Å². The highest BCUT2D eigenvalue weighted by molar-refractivity contribution is 8.45. The van der Waals surface area contributed by atoms with E-state index >= 15 is 0 Å². The van der Waals surface area contributed by atoms with Gasteiger partial charge in [-0.1, -0.05) is 48.6 Å². The quantitative estimate of drug-likeness (QED) is 0.668. The molecular formula is C15H20OS. The fourth-order valence-electron chi connectivity index (χ4n) is 1.54. The van der Waals surface area contributed by atoms with Crippen LogP contribution >= 0.6 is 10.0 Å². The van der Waals surface area contributed by atoms with E-state index in [2.05, 4.69) is 42.5 Å². The van der Waals surface area contributed by atoms with Gasteiger partial charge in [-0.25, -0.2) is 0 Å². The minimum atomic E-state index is -1.25. The van der Waals surface area contributed by atoms with Crippen molar-refractivity contribution < 1.29 is 4.79 Å². The number of hydrogen-bond acceptors (Lipinski definition) is 1. The smallest absolute Gasteiger partial charge is 0.162 e. The highest BCUT2D eigenvalue weighted by atomic mass is 32.3. The molecule has 1 nitrogen and oxygen atoms in total. The predicted molar refractivity (Wildman–Crippen MR) is 80.1 cm³/mol. The van der Waals surface area contributed by atoms with E-state index in [1.807, 2.05) is 24.7 Å². The van der Waals surface area contributed by atoms with Crippen molar-refractivity contribution in [1.82, 2.24) is 0 Å². The van der Waals surface area contributed by atoms with Gasteiger partial charge in [0.2, 0.25) is 0 Å². The molecule has 1 aliphatic rings. The van der Waals surface area contributed by atoms with Gasteiger partial charge in [0, 0.05) is 5.75 Å². The van der Waals surface area contributed by atoms with E-state index in [0.717, 1.165) is 17.8 Å². The maximum Gasteiger partial charge on any atom is 0.162 e. The molecule has 92 valence electrons. The van der Waals surface area contributed by atoms with Gasteiger partial charge in [0.05, 0.1) is 0 Å². The molecular weight excluding hydrogens is 228 g/mol. The second-order valence-corrected chi connectivity index (χ2v) is 7.35. The van der Waals surface area contributed by atoms with Crippen molar-refractivity contribution in [3.8, 4) is 0 Å². The summed E-state index contributed by atoms with van der Waals surface area (Å²) in [6.45, 7) is 1.96. The van der Waals surface area contributed by atoms with Crippen LogP contribution in [-0.2, 0) is 4.79 Å². The second kappa shape index (κ2) is 7.13. The zero-order chi connectivity index (χ0) is 12.6. The molecule has 0 saturated carbocycles. The minimum absolute atomic E-state index is 0.815. The van der Waals surface area contributed by atoms with Crippen LogP contribution < -0.4 is 0 Å². The van der Waals surface area contributed by atoms with Crippen LogP contribution in [0.5, 0.6) is 0 Å². The van der Waals surface area contributed by atoms with Gasteiger partial charge < -0.3 is 0 Å². The Bertz CT molecular complexity index is 399. The van der Waals surface area contributed by atoms with Crippen molar-refractivity contribution in [3.05, 3.63) is 59.6 Å². The fourth-order valence-corrected chi connectivity index (χ4v) is 2.92. The van der Waals surface area contributed by atoms with Gasteiger partial charge in [-0.2, -0.15) is 10.0 Å². The Hall–Kier alpha value is -1.28. The monoisotopic (exact) mass is 248 g/mol. The lowest BCUT2D eigenvalue weighted by molar-refractivity contribution is 0.569. The molecule has 0 fully saturated rings. The van der Waals surface area contributed by atoms with Crippen molar-refractivity contribution in [3.63, 3.8) is 0 Å². The first kappa shape index (κ1) is 13.8. The lowest BCUT2D eigenvalue weighted by Crippen LogP contribution is -1.98. The van der Waals surface area contributed by atoms with Crippen LogP contribution in [0.25, 0.3) is 0 Å². The summed E-state index contributed by atoms with van der Waals surface area (Å²) in [4.78, 5) is 11.1. The Morgan fingerprint density at radius 2 is 2.24 bits per heavy atom. The molecule has 0 amide bonds. The van der Waals surface area contributed by atoms with Crippen molar-refractivity contribution >= 4 is 15.6 Å². The number of hydrogen-bond donors (Lipinski definition) is 0. The van der Waals surface area contributed by atoms with Crippen LogP contribution in [0.1, 0.15) is 13.3 Å². The molecule has 0 spiro atoms. The molecule has 1 aliphatic carbocycles. The summed E-state index contributed by atoms with van der Waals surface area (Å²) in [7, 11) is -1.25. The topological polar surface area (TPSA) is 17.1 Å². The maximum atomic E-state index is 11.1. The standard InChI is InChI=1S/C15H20OS/c1-3-12-17(2,14-16)13-8-11-15-9-6-4-5-7-10-15/h3-4,6-12,14H,5,13H2,1-2H3/b11-8+,12-3-. The molecule has 1 unspecified atom stereocenters. The molecule has 0 aromatic carbocycles. The van der Waals surface area contributed by atoms with Crippen LogP contribution in [0, 0.1) is 0 Å². The van der Waals surface area contributed by atoms with E-state index in [4.69, 9.17) is 0 Å². The van der Waals surface area contributed by atoms with Crippen LogP contribution in [-0.4, -0.2) is 17.6 Å². The summed E-state index contributed by atoms with van der Waals surface area (Å²) >= 11 is 0. The lowest BCUT2D eigenvalue weighted by atomic mass is 10.2. The first-order chi connectivity index (χ1) is 8.20. The summed E-state index contributed by atoms with van der Waals surface area (Å²) in [6, 6.07) is 0. The molecule has 2 heteroatoms. The SMILES string of the molecule is C/C=C\S(C)(C=O)C/C=C/C1=CC=CCC=C1. The minimum Gasteiger partial charge on any atom is -0.292 e. The van der Waals surface area contributed by atoms with Gasteiger partial charge in [0.1, 0.15) is 0 Å². The number of rotatable bonds is 5. The molecule has 1 atom stereocenters. The molecule has 0 aromatic rings. The van der Waals surface area contributed by atoms with E-state index in [0.29, 0.717) is 0 Å². The summed E-state index contributed by atoms with van der Waals surface area (Å²) in [5, 5.41) is 2.03. The Morgan fingerprint density at radius 1 is 1.41 bits per heavy atom. The highest BCUT2D eigenvalue weighted by Crippen LogP contribution is 2.42. The molecule has 0 saturated heterocycles. The van der Waals surface area contributed by atoms with E-state index in [9.17, 15) is 4.79 Å². The van der Waals surface area contributed by atoms with Crippen LogP contribution in [0.15, 0.2) is 59.6 Å². The summed E-state index contributed by atoms with van der Waals surface area (Å²) in [5.74, 6) is 0.815. The summed E-state index contributed by atoms with van der Waals surface area (Å²) < 4.78 is 0. The average Bonchev–Trinajstić information content (AvgIpc) is 2.58.